The second-order valence-corrected chi connectivity index (χ2v) is 6.99. The van der Waals surface area contributed by atoms with Crippen LogP contribution >= 0.6 is 0 Å². The molecule has 1 saturated heterocycles. The van der Waals surface area contributed by atoms with Gasteiger partial charge in [0.15, 0.2) is 12.2 Å². The highest BCUT2D eigenvalue weighted by atomic mass is 16.7. The normalized spacial score (nSPS) is 24.6. The van der Waals surface area contributed by atoms with Gasteiger partial charge in [0.1, 0.15) is 18.8 Å². The van der Waals surface area contributed by atoms with Gasteiger partial charge in [0.25, 0.3) is 0 Å². The lowest BCUT2D eigenvalue weighted by molar-refractivity contribution is -0.263. The van der Waals surface area contributed by atoms with Crippen LogP contribution in [0, 0.1) is 0 Å². The van der Waals surface area contributed by atoms with E-state index in [2.05, 4.69) is 5.32 Å². The van der Waals surface area contributed by atoms with Gasteiger partial charge in [-0.2, -0.15) is 0 Å². The molecule has 5 atom stereocenters. The molecule has 1 heterocycles. The molecule has 11 heteroatoms. The first-order chi connectivity index (χ1) is 15.1. The number of carbonyl (C=O) groups is 5. The third-order valence-corrected chi connectivity index (χ3v) is 4.30. The van der Waals surface area contributed by atoms with Gasteiger partial charge in [-0.15, -0.1) is 0 Å². The molecule has 1 N–H and O–H groups in total. The first kappa shape index (κ1) is 24.8. The Labute approximate surface area is 184 Å². The summed E-state index contributed by atoms with van der Waals surface area (Å²) >= 11 is 0. The van der Waals surface area contributed by atoms with Gasteiger partial charge < -0.3 is 29.0 Å². The van der Waals surface area contributed by atoms with Crippen LogP contribution in [0.25, 0.3) is 0 Å². The Kier molecular flexibility index (Phi) is 8.71. The summed E-state index contributed by atoms with van der Waals surface area (Å²) in [4.78, 5) is 59.3. The zero-order valence-corrected chi connectivity index (χ0v) is 18.1. The quantitative estimate of drug-likeness (QED) is 0.460. The highest BCUT2D eigenvalue weighted by Crippen LogP contribution is 2.28. The minimum absolute atomic E-state index is 0.209. The number of carbonyl (C=O) groups excluding carboxylic acids is 5. The van der Waals surface area contributed by atoms with Crippen molar-refractivity contribution in [3.8, 4) is 0 Å². The SMILES string of the molecule is CC(=O)N[C@H]1[C@H](OC(=O)c2ccccc2)O[C@@H](COC(C)=O)[C@@H](OC(C)=O)[C@@H]1OC(C)=O. The Morgan fingerprint density at radius 1 is 0.844 bits per heavy atom. The molecule has 1 aliphatic rings. The fourth-order valence-corrected chi connectivity index (χ4v) is 3.14. The van der Waals surface area contributed by atoms with Crippen molar-refractivity contribution >= 4 is 29.8 Å². The molecule has 11 nitrogen and oxygen atoms in total. The molecule has 0 unspecified atom stereocenters. The molecule has 1 amide bonds. The van der Waals surface area contributed by atoms with E-state index in [1.807, 2.05) is 0 Å². The molecule has 1 aromatic rings. The molecule has 0 spiro atoms. The molecule has 174 valence electrons. The molecule has 1 aromatic carbocycles. The number of esters is 4. The largest absolute Gasteiger partial charge is 0.463 e. The van der Waals surface area contributed by atoms with Crippen LogP contribution in [0.3, 0.4) is 0 Å². The van der Waals surface area contributed by atoms with Crippen LogP contribution in [0.2, 0.25) is 0 Å². The Balaban J connectivity index is 2.42. The average Bonchev–Trinajstić information content (AvgIpc) is 2.70. The lowest BCUT2D eigenvalue weighted by Crippen LogP contribution is -2.66. The second kappa shape index (κ2) is 11.2. The van der Waals surface area contributed by atoms with Gasteiger partial charge >= 0.3 is 23.9 Å². The van der Waals surface area contributed by atoms with Crippen molar-refractivity contribution in [1.82, 2.24) is 5.32 Å². The van der Waals surface area contributed by atoms with Crippen molar-refractivity contribution in [2.24, 2.45) is 0 Å². The van der Waals surface area contributed by atoms with Crippen LogP contribution in [0.1, 0.15) is 38.1 Å². The van der Waals surface area contributed by atoms with Gasteiger partial charge in [-0.3, -0.25) is 19.2 Å². The zero-order valence-electron chi connectivity index (χ0n) is 18.1. The molecule has 1 aliphatic heterocycles. The van der Waals surface area contributed by atoms with Crippen LogP contribution in [0.15, 0.2) is 30.3 Å². The Bertz CT molecular complexity index is 855. The monoisotopic (exact) mass is 451 g/mol. The van der Waals surface area contributed by atoms with Gasteiger partial charge in [-0.1, -0.05) is 18.2 Å². The number of hydrogen-bond acceptors (Lipinski definition) is 10. The highest BCUT2D eigenvalue weighted by molar-refractivity contribution is 5.89. The summed E-state index contributed by atoms with van der Waals surface area (Å²) in [7, 11) is 0. The van der Waals surface area contributed by atoms with Crippen LogP contribution in [0.5, 0.6) is 0 Å². The minimum Gasteiger partial charge on any atom is -0.463 e. The fourth-order valence-electron chi connectivity index (χ4n) is 3.14. The van der Waals surface area contributed by atoms with E-state index in [0.717, 1.165) is 13.8 Å². The lowest BCUT2D eigenvalue weighted by Gasteiger charge is -2.44. The van der Waals surface area contributed by atoms with E-state index in [9.17, 15) is 24.0 Å². The van der Waals surface area contributed by atoms with Crippen molar-refractivity contribution in [2.45, 2.75) is 58.3 Å². The predicted octanol–water partition coefficient (Wildman–Crippen LogP) is 0.499. The Morgan fingerprint density at radius 3 is 1.97 bits per heavy atom. The summed E-state index contributed by atoms with van der Waals surface area (Å²) in [5, 5.41) is 2.52. The summed E-state index contributed by atoms with van der Waals surface area (Å²) in [5.74, 6) is -3.43. The van der Waals surface area contributed by atoms with Crippen molar-refractivity contribution in [3.05, 3.63) is 35.9 Å². The highest BCUT2D eigenvalue weighted by Gasteiger charge is 2.52. The molecule has 32 heavy (non-hydrogen) atoms. The third-order valence-electron chi connectivity index (χ3n) is 4.30. The number of benzene rings is 1. The molecule has 0 radical (unpaired) electrons. The molecule has 0 bridgehead atoms. The first-order valence-corrected chi connectivity index (χ1v) is 9.75. The summed E-state index contributed by atoms with van der Waals surface area (Å²) in [6.07, 6.45) is -5.18. The van der Waals surface area contributed by atoms with Crippen molar-refractivity contribution in [2.75, 3.05) is 6.61 Å². The Hall–Kier alpha value is -3.47. The molecule has 0 aromatic heterocycles. The average molecular weight is 451 g/mol. The maximum atomic E-state index is 12.6. The number of amides is 1. The third kappa shape index (κ3) is 7.05. The number of nitrogens with one attached hydrogen (secondary N) is 1. The van der Waals surface area contributed by atoms with Crippen LogP contribution in [-0.4, -0.2) is 67.0 Å². The lowest BCUT2D eigenvalue weighted by atomic mass is 9.96. The van der Waals surface area contributed by atoms with Crippen molar-refractivity contribution in [1.29, 1.82) is 0 Å². The van der Waals surface area contributed by atoms with Crippen LogP contribution < -0.4 is 5.32 Å². The second-order valence-electron chi connectivity index (χ2n) is 6.99. The van der Waals surface area contributed by atoms with Crippen molar-refractivity contribution in [3.63, 3.8) is 0 Å². The van der Waals surface area contributed by atoms with E-state index in [1.165, 1.54) is 26.0 Å². The number of rotatable bonds is 7. The van der Waals surface area contributed by atoms with Crippen LogP contribution in [-0.2, 0) is 42.9 Å². The zero-order chi connectivity index (χ0) is 23.8. The van der Waals surface area contributed by atoms with Crippen LogP contribution in [0.4, 0.5) is 0 Å². The molecule has 0 saturated carbocycles. The summed E-state index contributed by atoms with van der Waals surface area (Å²) < 4.78 is 26.8. The molecular weight excluding hydrogens is 426 g/mol. The van der Waals surface area contributed by atoms with Gasteiger partial charge in [-0.25, -0.2) is 4.79 Å². The van der Waals surface area contributed by atoms with E-state index in [4.69, 9.17) is 23.7 Å². The van der Waals surface area contributed by atoms with Gasteiger partial charge in [0.2, 0.25) is 12.2 Å². The first-order valence-electron chi connectivity index (χ1n) is 9.75. The Morgan fingerprint density at radius 2 is 1.44 bits per heavy atom. The topological polar surface area (TPSA) is 144 Å². The summed E-state index contributed by atoms with van der Waals surface area (Å²) in [5.41, 5.74) is 0.209. The van der Waals surface area contributed by atoms with Gasteiger partial charge in [0, 0.05) is 27.7 Å². The van der Waals surface area contributed by atoms with Crippen molar-refractivity contribution < 1.29 is 47.7 Å². The standard InChI is InChI=1S/C21H25NO10/c1-11(23)22-17-19(30-14(4)26)18(29-13(3)25)16(10-28-12(2)24)31-21(17)32-20(27)15-8-6-5-7-9-15/h5-9,16-19,21H,10H2,1-4H3,(H,22,23)/t16-,17+,18+,19+,21-/m0/s1. The fraction of sp³-hybridized carbons (Fsp3) is 0.476. The summed E-state index contributed by atoms with van der Waals surface area (Å²) in [6.45, 7) is 4.23. The smallest absolute Gasteiger partial charge is 0.340 e. The molecule has 0 aliphatic carbocycles. The van der Waals surface area contributed by atoms with Gasteiger partial charge in [0.05, 0.1) is 5.56 Å². The number of ether oxygens (including phenoxy) is 5. The minimum atomic E-state index is -1.46. The number of hydrogen-bond donors (Lipinski definition) is 1. The maximum Gasteiger partial charge on any atom is 0.340 e. The summed E-state index contributed by atoms with van der Waals surface area (Å²) in [6, 6.07) is 6.78. The predicted molar refractivity (Wildman–Crippen MR) is 106 cm³/mol. The van der Waals surface area contributed by atoms with E-state index >= 15 is 0 Å². The van der Waals surface area contributed by atoms with E-state index in [0.29, 0.717) is 0 Å². The van der Waals surface area contributed by atoms with E-state index in [1.54, 1.807) is 18.2 Å². The molecule has 1 fully saturated rings. The molecule has 2 rings (SSSR count). The van der Waals surface area contributed by atoms with E-state index in [-0.39, 0.29) is 5.56 Å². The van der Waals surface area contributed by atoms with Gasteiger partial charge in [-0.05, 0) is 12.1 Å². The maximum absolute atomic E-state index is 12.6. The molecular formula is C21H25NO10. The van der Waals surface area contributed by atoms with E-state index < -0.39 is 67.0 Å².